The first-order valence-electron chi connectivity index (χ1n) is 7.95. The minimum atomic E-state index is -0.0709. The SMILES string of the molecule is Cn1c(COc2ccc(Br)cc2)nnc1SCc1cc(=O)n2ccsc2n1. The Kier molecular flexibility index (Phi) is 5.28. The van der Waals surface area contributed by atoms with Gasteiger partial charge in [-0.25, -0.2) is 4.98 Å². The van der Waals surface area contributed by atoms with Crippen LogP contribution >= 0.6 is 39.0 Å². The second-order valence-electron chi connectivity index (χ2n) is 5.63. The summed E-state index contributed by atoms with van der Waals surface area (Å²) in [5.41, 5.74) is 0.654. The quantitative estimate of drug-likeness (QED) is 0.407. The Morgan fingerprint density at radius 1 is 1.26 bits per heavy atom. The van der Waals surface area contributed by atoms with Crippen LogP contribution in [0.4, 0.5) is 0 Å². The molecule has 4 rings (SSSR count). The van der Waals surface area contributed by atoms with E-state index in [-0.39, 0.29) is 5.56 Å². The van der Waals surface area contributed by atoms with Gasteiger partial charge in [0, 0.05) is 34.9 Å². The van der Waals surface area contributed by atoms with Crippen LogP contribution in [0.25, 0.3) is 4.96 Å². The molecule has 0 atom stereocenters. The summed E-state index contributed by atoms with van der Waals surface area (Å²) in [6, 6.07) is 9.18. The summed E-state index contributed by atoms with van der Waals surface area (Å²) in [5.74, 6) is 2.04. The molecule has 27 heavy (non-hydrogen) atoms. The predicted molar refractivity (Wildman–Crippen MR) is 108 cm³/mol. The minimum Gasteiger partial charge on any atom is -0.486 e. The number of aromatic nitrogens is 5. The Balaban J connectivity index is 1.42. The average Bonchev–Trinajstić information content (AvgIpc) is 3.27. The van der Waals surface area contributed by atoms with Crippen LogP contribution in [0.15, 0.2) is 56.3 Å². The lowest BCUT2D eigenvalue weighted by Gasteiger charge is -2.06. The van der Waals surface area contributed by atoms with E-state index in [2.05, 4.69) is 31.1 Å². The van der Waals surface area contributed by atoms with Crippen molar-refractivity contribution in [3.8, 4) is 5.75 Å². The van der Waals surface area contributed by atoms with Crippen molar-refractivity contribution in [1.82, 2.24) is 24.1 Å². The molecule has 0 saturated heterocycles. The summed E-state index contributed by atoms with van der Waals surface area (Å²) in [6.45, 7) is 0.326. The highest BCUT2D eigenvalue weighted by atomic mass is 79.9. The fourth-order valence-electron chi connectivity index (χ4n) is 2.38. The molecule has 0 amide bonds. The third kappa shape index (κ3) is 4.07. The van der Waals surface area contributed by atoms with E-state index < -0.39 is 0 Å². The standard InChI is InChI=1S/C17H14BrN5O2S2/c1-22-14(9-25-13-4-2-11(18)3-5-13)20-21-17(22)27-10-12-8-15(24)23-6-7-26-16(23)19-12/h2-8H,9-10H2,1H3. The highest BCUT2D eigenvalue weighted by molar-refractivity contribution is 9.10. The smallest absolute Gasteiger partial charge is 0.258 e. The molecule has 3 aromatic heterocycles. The zero-order chi connectivity index (χ0) is 18.8. The van der Waals surface area contributed by atoms with Crippen LogP contribution in [0, 0.1) is 0 Å². The lowest BCUT2D eigenvalue weighted by molar-refractivity contribution is 0.290. The molecule has 0 aliphatic heterocycles. The third-order valence-electron chi connectivity index (χ3n) is 3.81. The minimum absolute atomic E-state index is 0.0709. The van der Waals surface area contributed by atoms with Gasteiger partial charge in [0.05, 0.1) is 5.69 Å². The van der Waals surface area contributed by atoms with Crippen LogP contribution in [0.5, 0.6) is 5.75 Å². The summed E-state index contributed by atoms with van der Waals surface area (Å²) in [5, 5.41) is 11.0. The van der Waals surface area contributed by atoms with E-state index in [1.54, 1.807) is 16.7 Å². The number of nitrogens with zero attached hydrogens (tertiary/aromatic N) is 5. The molecule has 0 aliphatic carbocycles. The second-order valence-corrected chi connectivity index (χ2v) is 8.36. The first-order chi connectivity index (χ1) is 13.1. The molecule has 0 saturated carbocycles. The van der Waals surface area contributed by atoms with Crippen molar-refractivity contribution >= 4 is 44.0 Å². The molecule has 10 heteroatoms. The van der Waals surface area contributed by atoms with E-state index in [1.165, 1.54) is 23.1 Å². The first-order valence-corrected chi connectivity index (χ1v) is 10.6. The summed E-state index contributed by atoms with van der Waals surface area (Å²) < 4.78 is 10.2. The van der Waals surface area contributed by atoms with Crippen LogP contribution in [-0.4, -0.2) is 24.1 Å². The van der Waals surface area contributed by atoms with Crippen LogP contribution in [-0.2, 0) is 19.4 Å². The van der Waals surface area contributed by atoms with Gasteiger partial charge < -0.3 is 9.30 Å². The number of thioether (sulfide) groups is 1. The lowest BCUT2D eigenvalue weighted by atomic mass is 10.3. The average molecular weight is 464 g/mol. The van der Waals surface area contributed by atoms with Crippen molar-refractivity contribution in [3.05, 3.63) is 68.3 Å². The predicted octanol–water partition coefficient (Wildman–Crippen LogP) is 3.52. The molecule has 0 radical (unpaired) electrons. The van der Waals surface area contributed by atoms with Gasteiger partial charge >= 0.3 is 0 Å². The molecule has 0 N–H and O–H groups in total. The first kappa shape index (κ1) is 18.2. The Morgan fingerprint density at radius 3 is 2.89 bits per heavy atom. The topological polar surface area (TPSA) is 74.3 Å². The van der Waals surface area contributed by atoms with Gasteiger partial charge in [-0.15, -0.1) is 21.5 Å². The summed E-state index contributed by atoms with van der Waals surface area (Å²) in [6.07, 6.45) is 1.73. The number of hydrogen-bond donors (Lipinski definition) is 0. The van der Waals surface area contributed by atoms with Gasteiger partial charge in [-0.2, -0.15) is 0 Å². The molecule has 0 unspecified atom stereocenters. The van der Waals surface area contributed by atoms with Crippen molar-refractivity contribution < 1.29 is 4.74 Å². The molecular formula is C17H14BrN5O2S2. The Bertz CT molecular complexity index is 1140. The van der Waals surface area contributed by atoms with Gasteiger partial charge in [0.25, 0.3) is 5.56 Å². The van der Waals surface area contributed by atoms with E-state index in [0.29, 0.717) is 17.3 Å². The van der Waals surface area contributed by atoms with Crippen molar-refractivity contribution in [3.63, 3.8) is 0 Å². The maximum absolute atomic E-state index is 12.1. The van der Waals surface area contributed by atoms with Gasteiger partial charge in [-0.1, -0.05) is 27.7 Å². The number of thiazole rings is 1. The Hall–Kier alpha value is -2.17. The van der Waals surface area contributed by atoms with Gasteiger partial charge in [-0.3, -0.25) is 9.20 Å². The number of halogens is 1. The van der Waals surface area contributed by atoms with Gasteiger partial charge in [-0.05, 0) is 24.3 Å². The number of fused-ring (bicyclic) bond motifs is 1. The summed E-state index contributed by atoms with van der Waals surface area (Å²) >= 11 is 6.32. The van der Waals surface area contributed by atoms with Crippen molar-refractivity contribution in [2.24, 2.45) is 7.05 Å². The lowest BCUT2D eigenvalue weighted by Crippen LogP contribution is -2.12. The van der Waals surface area contributed by atoms with Crippen LogP contribution in [0.2, 0.25) is 0 Å². The zero-order valence-electron chi connectivity index (χ0n) is 14.2. The van der Waals surface area contributed by atoms with Gasteiger partial charge in [0.2, 0.25) is 0 Å². The van der Waals surface area contributed by atoms with Crippen molar-refractivity contribution in [2.75, 3.05) is 0 Å². The monoisotopic (exact) mass is 463 g/mol. The van der Waals surface area contributed by atoms with E-state index in [0.717, 1.165) is 26.9 Å². The van der Waals surface area contributed by atoms with Crippen LogP contribution in [0.1, 0.15) is 11.5 Å². The fraction of sp³-hybridized carbons (Fsp3) is 0.176. The van der Waals surface area contributed by atoms with E-state index in [4.69, 9.17) is 4.74 Å². The molecule has 4 aromatic rings. The molecule has 3 heterocycles. The molecular weight excluding hydrogens is 450 g/mol. The largest absolute Gasteiger partial charge is 0.486 e. The molecule has 1 aromatic carbocycles. The maximum Gasteiger partial charge on any atom is 0.258 e. The third-order valence-corrected chi connectivity index (χ3v) is 6.15. The molecule has 7 nitrogen and oxygen atoms in total. The molecule has 0 spiro atoms. The van der Waals surface area contributed by atoms with Crippen LogP contribution < -0.4 is 10.3 Å². The molecule has 0 fully saturated rings. The maximum atomic E-state index is 12.1. The summed E-state index contributed by atoms with van der Waals surface area (Å²) in [4.78, 5) is 17.3. The zero-order valence-corrected chi connectivity index (χ0v) is 17.4. The highest BCUT2D eigenvalue weighted by Crippen LogP contribution is 2.22. The number of rotatable bonds is 6. The van der Waals surface area contributed by atoms with Crippen LogP contribution in [0.3, 0.4) is 0 Å². The highest BCUT2D eigenvalue weighted by Gasteiger charge is 2.11. The number of benzene rings is 1. The van der Waals surface area contributed by atoms with Gasteiger partial charge in [0.15, 0.2) is 15.9 Å². The summed E-state index contributed by atoms with van der Waals surface area (Å²) in [7, 11) is 1.90. The van der Waals surface area contributed by atoms with E-state index in [1.807, 2.05) is 41.3 Å². The number of hydrogen-bond acceptors (Lipinski definition) is 7. The molecule has 0 bridgehead atoms. The molecule has 138 valence electrons. The van der Waals surface area contributed by atoms with Crippen molar-refractivity contribution in [1.29, 1.82) is 0 Å². The molecule has 0 aliphatic rings. The Labute approximate surface area is 171 Å². The second kappa shape index (κ2) is 7.83. The Morgan fingerprint density at radius 2 is 2.07 bits per heavy atom. The van der Waals surface area contributed by atoms with Gasteiger partial charge in [0.1, 0.15) is 12.4 Å². The van der Waals surface area contributed by atoms with E-state index >= 15 is 0 Å². The number of ether oxygens (including phenoxy) is 1. The normalized spacial score (nSPS) is 11.2. The van der Waals surface area contributed by atoms with E-state index in [9.17, 15) is 4.79 Å². The fourth-order valence-corrected chi connectivity index (χ4v) is 4.20. The van der Waals surface area contributed by atoms with Crippen molar-refractivity contribution in [2.45, 2.75) is 17.5 Å².